The van der Waals surface area contributed by atoms with Crippen molar-refractivity contribution in [3.05, 3.63) is 29.6 Å². The van der Waals surface area contributed by atoms with Crippen molar-refractivity contribution in [3.63, 3.8) is 0 Å². The molecule has 1 aromatic heterocycles. The Kier molecular flexibility index (Phi) is 5.29. The smallest absolute Gasteiger partial charge is 0.319 e. The fourth-order valence-electron chi connectivity index (χ4n) is 1.85. The van der Waals surface area contributed by atoms with E-state index < -0.39 is 12.0 Å². The van der Waals surface area contributed by atoms with Gasteiger partial charge in [-0.15, -0.1) is 0 Å². The third kappa shape index (κ3) is 4.53. The van der Waals surface area contributed by atoms with Crippen LogP contribution in [-0.4, -0.2) is 33.8 Å². The van der Waals surface area contributed by atoms with Crippen LogP contribution in [0.1, 0.15) is 24.7 Å². The number of carbonyl (C=O) groups is 2. The molecule has 0 aliphatic carbocycles. The van der Waals surface area contributed by atoms with Crippen LogP contribution in [0, 0.1) is 6.92 Å². The first-order valence-corrected chi connectivity index (χ1v) is 7.20. The van der Waals surface area contributed by atoms with Gasteiger partial charge in [0.25, 0.3) is 5.89 Å². The number of carboxylic acid groups (broad SMARTS) is 1. The van der Waals surface area contributed by atoms with Crippen molar-refractivity contribution < 1.29 is 19.2 Å². The van der Waals surface area contributed by atoms with Crippen LogP contribution in [0.4, 0.5) is 10.5 Å². The Balaban J connectivity index is 2.08. The van der Waals surface area contributed by atoms with Gasteiger partial charge in [-0.2, -0.15) is 4.98 Å². The molecule has 8 nitrogen and oxygen atoms in total. The molecule has 0 fully saturated rings. The van der Waals surface area contributed by atoms with E-state index in [1.807, 2.05) is 26.0 Å². The van der Waals surface area contributed by atoms with Gasteiger partial charge in [-0.25, -0.2) is 4.79 Å². The molecule has 0 bridgehead atoms. The third-order valence-corrected chi connectivity index (χ3v) is 3.14. The van der Waals surface area contributed by atoms with Crippen molar-refractivity contribution in [1.82, 2.24) is 15.5 Å². The second kappa shape index (κ2) is 7.39. The highest BCUT2D eigenvalue weighted by Gasteiger charge is 2.11. The van der Waals surface area contributed by atoms with E-state index in [0.29, 0.717) is 29.4 Å². The number of carboxylic acids is 1. The fraction of sp³-hybridized carbons (Fsp3) is 0.333. The highest BCUT2D eigenvalue weighted by atomic mass is 16.5. The van der Waals surface area contributed by atoms with Crippen molar-refractivity contribution >= 4 is 17.7 Å². The van der Waals surface area contributed by atoms with Crippen molar-refractivity contribution in [2.45, 2.75) is 26.7 Å². The summed E-state index contributed by atoms with van der Waals surface area (Å²) in [6.07, 6.45) is 0.542. The standard InChI is InChI=1S/C15H18N4O4/c1-3-12-18-14(23-19-12)10-5-4-9(2)11(8-10)17-15(22)16-7-6-13(20)21/h4-5,8H,3,6-7H2,1-2H3,(H,20,21)(H2,16,17,22). The summed E-state index contributed by atoms with van der Waals surface area (Å²) in [5.74, 6) is 0.0317. The van der Waals surface area contributed by atoms with Crippen LogP contribution in [0.25, 0.3) is 11.5 Å². The molecule has 0 saturated heterocycles. The summed E-state index contributed by atoms with van der Waals surface area (Å²) in [7, 11) is 0. The van der Waals surface area contributed by atoms with Crippen molar-refractivity contribution in [2.24, 2.45) is 0 Å². The monoisotopic (exact) mass is 318 g/mol. The van der Waals surface area contributed by atoms with E-state index in [9.17, 15) is 9.59 Å². The van der Waals surface area contributed by atoms with E-state index in [0.717, 1.165) is 5.56 Å². The molecule has 8 heteroatoms. The van der Waals surface area contributed by atoms with E-state index in [-0.39, 0.29) is 13.0 Å². The maximum absolute atomic E-state index is 11.8. The van der Waals surface area contributed by atoms with E-state index in [1.54, 1.807) is 6.07 Å². The second-order valence-corrected chi connectivity index (χ2v) is 4.92. The fourth-order valence-corrected chi connectivity index (χ4v) is 1.85. The average molecular weight is 318 g/mol. The lowest BCUT2D eigenvalue weighted by atomic mass is 10.1. The molecule has 0 unspecified atom stereocenters. The van der Waals surface area contributed by atoms with Crippen molar-refractivity contribution in [1.29, 1.82) is 0 Å². The van der Waals surface area contributed by atoms with Gasteiger partial charge >= 0.3 is 12.0 Å². The highest BCUT2D eigenvalue weighted by molar-refractivity contribution is 5.91. The van der Waals surface area contributed by atoms with Gasteiger partial charge in [0.1, 0.15) is 0 Å². The number of hydrogen-bond donors (Lipinski definition) is 3. The Morgan fingerprint density at radius 3 is 2.78 bits per heavy atom. The second-order valence-electron chi connectivity index (χ2n) is 4.92. The quantitative estimate of drug-likeness (QED) is 0.751. The molecule has 2 amide bonds. The van der Waals surface area contributed by atoms with E-state index >= 15 is 0 Å². The molecule has 0 saturated carbocycles. The molecule has 0 aliphatic heterocycles. The maximum atomic E-state index is 11.8. The minimum atomic E-state index is -0.966. The SMILES string of the molecule is CCc1noc(-c2ccc(C)c(NC(=O)NCCC(=O)O)c2)n1. The molecule has 0 spiro atoms. The minimum absolute atomic E-state index is 0.0590. The molecule has 1 heterocycles. The lowest BCUT2D eigenvalue weighted by molar-refractivity contribution is -0.136. The number of amides is 2. The Labute approximate surface area is 132 Å². The van der Waals surface area contributed by atoms with Crippen LogP contribution in [0.3, 0.4) is 0 Å². The number of nitrogens with one attached hydrogen (secondary N) is 2. The highest BCUT2D eigenvalue weighted by Crippen LogP contribution is 2.24. The lowest BCUT2D eigenvalue weighted by Gasteiger charge is -2.10. The normalized spacial score (nSPS) is 10.3. The summed E-state index contributed by atoms with van der Waals surface area (Å²) in [5, 5.41) is 17.6. The number of nitrogens with zero attached hydrogens (tertiary/aromatic N) is 2. The summed E-state index contributed by atoms with van der Waals surface area (Å²) in [6.45, 7) is 3.84. The number of aryl methyl sites for hydroxylation is 2. The molecule has 0 aliphatic rings. The number of anilines is 1. The Morgan fingerprint density at radius 2 is 2.13 bits per heavy atom. The van der Waals surface area contributed by atoms with Gasteiger partial charge in [-0.3, -0.25) is 4.79 Å². The molecular formula is C15H18N4O4. The Hall–Kier alpha value is -2.90. The largest absolute Gasteiger partial charge is 0.481 e. The summed E-state index contributed by atoms with van der Waals surface area (Å²) in [6, 6.07) is 4.93. The first kappa shape index (κ1) is 16.5. The molecule has 0 radical (unpaired) electrons. The number of rotatable bonds is 6. The summed E-state index contributed by atoms with van der Waals surface area (Å²) in [5.41, 5.74) is 2.15. The van der Waals surface area contributed by atoms with Gasteiger partial charge in [0.05, 0.1) is 6.42 Å². The average Bonchev–Trinajstić information content (AvgIpc) is 2.98. The van der Waals surface area contributed by atoms with E-state index in [1.165, 1.54) is 0 Å². The molecule has 1 aromatic carbocycles. The van der Waals surface area contributed by atoms with Gasteiger partial charge in [0.15, 0.2) is 5.82 Å². The maximum Gasteiger partial charge on any atom is 0.319 e. The minimum Gasteiger partial charge on any atom is -0.481 e. The van der Waals surface area contributed by atoms with Gasteiger partial charge in [0.2, 0.25) is 0 Å². The molecule has 23 heavy (non-hydrogen) atoms. The summed E-state index contributed by atoms with van der Waals surface area (Å²) < 4.78 is 5.18. The number of aliphatic carboxylic acids is 1. The van der Waals surface area contributed by atoms with Crippen LogP contribution >= 0.6 is 0 Å². The van der Waals surface area contributed by atoms with Crippen molar-refractivity contribution in [2.75, 3.05) is 11.9 Å². The van der Waals surface area contributed by atoms with Gasteiger partial charge in [-0.05, 0) is 24.6 Å². The molecular weight excluding hydrogens is 300 g/mol. The predicted octanol–water partition coefficient (Wildman–Crippen LogP) is 2.20. The Bertz CT molecular complexity index is 711. The van der Waals surface area contributed by atoms with E-state index in [2.05, 4.69) is 20.8 Å². The first-order valence-electron chi connectivity index (χ1n) is 7.20. The number of hydrogen-bond acceptors (Lipinski definition) is 5. The van der Waals surface area contributed by atoms with E-state index in [4.69, 9.17) is 9.63 Å². The van der Waals surface area contributed by atoms with Crippen molar-refractivity contribution in [3.8, 4) is 11.5 Å². The third-order valence-electron chi connectivity index (χ3n) is 3.14. The first-order chi connectivity index (χ1) is 11.0. The number of aromatic nitrogens is 2. The number of carbonyl (C=O) groups excluding carboxylic acids is 1. The zero-order chi connectivity index (χ0) is 16.8. The molecule has 0 atom stereocenters. The van der Waals surface area contributed by atoms with Gasteiger partial charge < -0.3 is 20.3 Å². The number of urea groups is 1. The summed E-state index contributed by atoms with van der Waals surface area (Å²) in [4.78, 5) is 26.5. The number of benzene rings is 1. The van der Waals surface area contributed by atoms with Crippen LogP contribution in [-0.2, 0) is 11.2 Å². The van der Waals surface area contributed by atoms with Crippen LogP contribution in [0.2, 0.25) is 0 Å². The van der Waals surface area contributed by atoms with Gasteiger partial charge in [0, 0.05) is 24.2 Å². The topological polar surface area (TPSA) is 117 Å². The Morgan fingerprint density at radius 1 is 1.35 bits per heavy atom. The zero-order valence-electron chi connectivity index (χ0n) is 12.9. The van der Waals surface area contributed by atoms with Gasteiger partial charge in [-0.1, -0.05) is 18.1 Å². The summed E-state index contributed by atoms with van der Waals surface area (Å²) >= 11 is 0. The predicted molar refractivity (Wildman–Crippen MR) is 83.1 cm³/mol. The van der Waals surface area contributed by atoms with Crippen LogP contribution in [0.5, 0.6) is 0 Å². The molecule has 3 N–H and O–H groups in total. The van der Waals surface area contributed by atoms with Crippen LogP contribution in [0.15, 0.2) is 22.7 Å². The molecule has 2 aromatic rings. The molecule has 122 valence electrons. The van der Waals surface area contributed by atoms with Crippen LogP contribution < -0.4 is 10.6 Å². The molecule has 2 rings (SSSR count). The lowest BCUT2D eigenvalue weighted by Crippen LogP contribution is -2.30. The zero-order valence-corrected chi connectivity index (χ0v) is 12.9.